The maximum absolute atomic E-state index is 13.1. The standard InChI is InChI=1S/C20H21O5P/c1-4-25-20(21)18(16-11-7-5-8-12-16)15-19(26(22,23-2)24-3)17-13-9-6-10-14-17/h5-14H,4H2,1-3H3. The fraction of sp³-hybridized carbons (Fsp3) is 0.200. The van der Waals surface area contributed by atoms with Crippen LogP contribution in [0.15, 0.2) is 66.4 Å². The van der Waals surface area contributed by atoms with Crippen LogP contribution in [-0.4, -0.2) is 26.8 Å². The Morgan fingerprint density at radius 2 is 1.42 bits per heavy atom. The molecule has 0 fully saturated rings. The van der Waals surface area contributed by atoms with E-state index in [0.29, 0.717) is 11.1 Å². The summed E-state index contributed by atoms with van der Waals surface area (Å²) in [7, 11) is -1.08. The molecule has 0 heterocycles. The van der Waals surface area contributed by atoms with Gasteiger partial charge in [-0.1, -0.05) is 66.4 Å². The molecule has 0 aliphatic carbocycles. The van der Waals surface area contributed by atoms with E-state index >= 15 is 0 Å². The Bertz CT molecular complexity index is 844. The summed E-state index contributed by atoms with van der Waals surface area (Å²) in [5.74, 6) is -0.564. The summed E-state index contributed by atoms with van der Waals surface area (Å²) in [4.78, 5) is 12.5. The summed E-state index contributed by atoms with van der Waals surface area (Å²) in [5.41, 5.74) is 4.29. The van der Waals surface area contributed by atoms with E-state index in [9.17, 15) is 9.36 Å². The average molecular weight is 372 g/mol. The van der Waals surface area contributed by atoms with Gasteiger partial charge in [-0.05, 0) is 18.1 Å². The molecule has 2 rings (SSSR count). The topological polar surface area (TPSA) is 61.8 Å². The van der Waals surface area contributed by atoms with E-state index in [4.69, 9.17) is 13.8 Å². The fourth-order valence-corrected chi connectivity index (χ4v) is 3.55. The van der Waals surface area contributed by atoms with Crippen molar-refractivity contribution < 1.29 is 23.1 Å². The number of ether oxygens (including phenoxy) is 1. The van der Waals surface area contributed by atoms with Crippen LogP contribution in [0.5, 0.6) is 0 Å². The van der Waals surface area contributed by atoms with Crippen LogP contribution in [0.4, 0.5) is 0 Å². The highest BCUT2D eigenvalue weighted by molar-refractivity contribution is 7.65. The molecule has 26 heavy (non-hydrogen) atoms. The Morgan fingerprint density at radius 3 is 1.88 bits per heavy atom. The lowest BCUT2D eigenvalue weighted by molar-refractivity contribution is -0.136. The van der Waals surface area contributed by atoms with Crippen molar-refractivity contribution in [3.8, 4) is 0 Å². The lowest BCUT2D eigenvalue weighted by Gasteiger charge is -2.16. The summed E-state index contributed by atoms with van der Waals surface area (Å²) in [6, 6.07) is 17.9. The monoisotopic (exact) mass is 372 g/mol. The molecule has 0 radical (unpaired) electrons. The van der Waals surface area contributed by atoms with Crippen LogP contribution in [-0.2, 0) is 23.1 Å². The second-order valence-electron chi connectivity index (χ2n) is 5.16. The molecule has 0 atom stereocenters. The van der Waals surface area contributed by atoms with Crippen molar-refractivity contribution in [3.05, 3.63) is 77.5 Å². The van der Waals surface area contributed by atoms with E-state index in [1.807, 2.05) is 12.1 Å². The van der Waals surface area contributed by atoms with Gasteiger partial charge in [0.05, 0.1) is 6.61 Å². The van der Waals surface area contributed by atoms with Crippen LogP contribution < -0.4 is 0 Å². The third-order valence-corrected chi connectivity index (χ3v) is 5.47. The Balaban J connectivity index is 2.84. The minimum atomic E-state index is -3.67. The van der Waals surface area contributed by atoms with Crippen LogP contribution in [0.2, 0.25) is 0 Å². The van der Waals surface area contributed by atoms with E-state index in [2.05, 4.69) is 5.73 Å². The molecule has 6 heteroatoms. The number of esters is 1. The van der Waals surface area contributed by atoms with Crippen molar-refractivity contribution in [3.63, 3.8) is 0 Å². The summed E-state index contributed by atoms with van der Waals surface area (Å²) < 4.78 is 28.5. The molecule has 0 bridgehead atoms. The summed E-state index contributed by atoms with van der Waals surface area (Å²) in [5, 5.41) is 0.162. The zero-order valence-corrected chi connectivity index (χ0v) is 15.9. The van der Waals surface area contributed by atoms with E-state index in [0.717, 1.165) is 0 Å². The second-order valence-corrected chi connectivity index (χ2v) is 7.34. The first-order chi connectivity index (χ1) is 12.6. The first kappa shape index (κ1) is 19.9. The van der Waals surface area contributed by atoms with Gasteiger partial charge in [-0.15, -0.1) is 0 Å². The smallest absolute Gasteiger partial charge is 0.369 e. The van der Waals surface area contributed by atoms with Crippen molar-refractivity contribution >= 4 is 24.5 Å². The highest BCUT2D eigenvalue weighted by Gasteiger charge is 2.30. The van der Waals surface area contributed by atoms with Crippen molar-refractivity contribution in [2.24, 2.45) is 0 Å². The van der Waals surface area contributed by atoms with E-state index in [-0.39, 0.29) is 17.5 Å². The van der Waals surface area contributed by atoms with Crippen molar-refractivity contribution in [1.82, 2.24) is 0 Å². The highest BCUT2D eigenvalue weighted by Crippen LogP contribution is 2.59. The fourth-order valence-electron chi connectivity index (χ4n) is 2.32. The third kappa shape index (κ3) is 4.60. The summed E-state index contributed by atoms with van der Waals surface area (Å²) in [6.07, 6.45) is 0. The predicted molar refractivity (Wildman–Crippen MR) is 101 cm³/mol. The number of carbonyl (C=O) groups is 1. The largest absolute Gasteiger partial charge is 0.462 e. The molecule has 0 aliphatic heterocycles. The molecule has 2 aromatic rings. The lowest BCUT2D eigenvalue weighted by Crippen LogP contribution is -2.06. The van der Waals surface area contributed by atoms with Crippen molar-refractivity contribution in [1.29, 1.82) is 0 Å². The van der Waals surface area contributed by atoms with Gasteiger partial charge in [-0.25, -0.2) is 4.79 Å². The average Bonchev–Trinajstić information content (AvgIpc) is 2.69. The quantitative estimate of drug-likeness (QED) is 0.304. The van der Waals surface area contributed by atoms with E-state index < -0.39 is 13.6 Å². The maximum atomic E-state index is 13.1. The van der Waals surface area contributed by atoms with Gasteiger partial charge in [0.1, 0.15) is 10.9 Å². The first-order valence-electron chi connectivity index (χ1n) is 8.06. The third-order valence-electron chi connectivity index (χ3n) is 3.59. The predicted octanol–water partition coefficient (Wildman–Crippen LogP) is 4.76. The lowest BCUT2D eigenvalue weighted by atomic mass is 10.1. The zero-order chi connectivity index (χ0) is 19.0. The van der Waals surface area contributed by atoms with Gasteiger partial charge in [0.2, 0.25) is 0 Å². The molecule has 0 saturated heterocycles. The van der Waals surface area contributed by atoms with Gasteiger partial charge in [-0.3, -0.25) is 4.57 Å². The van der Waals surface area contributed by atoms with Crippen molar-refractivity contribution in [2.45, 2.75) is 6.92 Å². The van der Waals surface area contributed by atoms with Gasteiger partial charge in [0.15, 0.2) is 0 Å². The normalized spacial score (nSPS) is 10.7. The molecular formula is C20H21O5P. The summed E-state index contributed by atoms with van der Waals surface area (Å²) in [6.45, 7) is 1.93. The Hall–Kier alpha value is -2.42. The molecule has 0 saturated carbocycles. The van der Waals surface area contributed by atoms with Crippen LogP contribution in [0.25, 0.3) is 10.9 Å². The number of carbonyl (C=O) groups excluding carboxylic acids is 1. The maximum Gasteiger partial charge on any atom is 0.369 e. The first-order valence-corrected chi connectivity index (χ1v) is 9.61. The zero-order valence-electron chi connectivity index (χ0n) is 15.0. The summed E-state index contributed by atoms with van der Waals surface area (Å²) >= 11 is 0. The Labute approximate surface area is 153 Å². The molecule has 136 valence electrons. The molecular weight excluding hydrogens is 351 g/mol. The van der Waals surface area contributed by atoms with Crippen LogP contribution in [0.3, 0.4) is 0 Å². The molecule has 0 unspecified atom stereocenters. The number of hydrogen-bond donors (Lipinski definition) is 0. The second kappa shape index (κ2) is 9.33. The van der Waals surface area contributed by atoms with Gasteiger partial charge >= 0.3 is 13.6 Å². The number of benzene rings is 2. The molecule has 2 aromatic carbocycles. The van der Waals surface area contributed by atoms with Crippen LogP contribution in [0, 0.1) is 0 Å². The van der Waals surface area contributed by atoms with E-state index in [1.54, 1.807) is 55.5 Å². The van der Waals surface area contributed by atoms with Gasteiger partial charge in [0.25, 0.3) is 0 Å². The van der Waals surface area contributed by atoms with Gasteiger partial charge < -0.3 is 13.8 Å². The van der Waals surface area contributed by atoms with Crippen LogP contribution >= 0.6 is 7.60 Å². The highest BCUT2D eigenvalue weighted by atomic mass is 31.2. The van der Waals surface area contributed by atoms with Gasteiger partial charge in [0, 0.05) is 14.2 Å². The molecule has 0 N–H and O–H groups in total. The SMILES string of the molecule is CCOC(=O)C(=C=C(c1ccccc1)P(=O)(OC)OC)c1ccccc1. The molecule has 0 spiro atoms. The molecule has 0 aromatic heterocycles. The number of hydrogen-bond acceptors (Lipinski definition) is 5. The Morgan fingerprint density at radius 1 is 0.923 bits per heavy atom. The molecule has 5 nitrogen and oxygen atoms in total. The van der Waals surface area contributed by atoms with E-state index in [1.165, 1.54) is 14.2 Å². The minimum absolute atomic E-state index is 0.153. The van der Waals surface area contributed by atoms with Crippen LogP contribution in [0.1, 0.15) is 18.1 Å². The Kier molecular flexibility index (Phi) is 7.14. The molecule has 0 aliphatic rings. The van der Waals surface area contributed by atoms with Gasteiger partial charge in [-0.2, -0.15) is 0 Å². The molecule has 0 amide bonds. The number of rotatable bonds is 7. The van der Waals surface area contributed by atoms with Crippen molar-refractivity contribution in [2.75, 3.05) is 20.8 Å². The minimum Gasteiger partial charge on any atom is -0.462 e.